The highest BCUT2D eigenvalue weighted by Crippen LogP contribution is 2.32. The van der Waals surface area contributed by atoms with Gasteiger partial charge < -0.3 is 9.29 Å². The average molecular weight is 355 g/mol. The minimum Gasteiger partial charge on any atom is -0.748 e. The monoisotopic (exact) mass is 355 g/mol. The largest absolute Gasteiger partial charge is 0.748 e. The number of ether oxygens (including phenoxy) is 1. The summed E-state index contributed by atoms with van der Waals surface area (Å²) in [5.41, 5.74) is 3.42. The predicted octanol–water partition coefficient (Wildman–Crippen LogP) is 3.76. The zero-order valence-electron chi connectivity index (χ0n) is 15.3. The minimum absolute atomic E-state index is 0.118. The van der Waals surface area contributed by atoms with Crippen molar-refractivity contribution in [3.05, 3.63) is 34.4 Å². The van der Waals surface area contributed by atoms with Crippen molar-refractivity contribution in [2.45, 2.75) is 59.3 Å². The second-order valence-electron chi connectivity index (χ2n) is 6.94. The van der Waals surface area contributed by atoms with E-state index in [1.54, 1.807) is 0 Å². The minimum atomic E-state index is -4.40. The Labute approximate surface area is 145 Å². The van der Waals surface area contributed by atoms with Crippen LogP contribution >= 0.6 is 0 Å². The van der Waals surface area contributed by atoms with Crippen molar-refractivity contribution in [3.63, 3.8) is 0 Å². The summed E-state index contributed by atoms with van der Waals surface area (Å²) in [5, 5.41) is 0. The maximum absolute atomic E-state index is 12.5. The van der Waals surface area contributed by atoms with Gasteiger partial charge in [-0.15, -0.1) is 0 Å². The SMILES string of the molecule is CC(C)c1cc(C(C)C)c(C(=O)OCCS(=O)(=O)[O-])c(C(C)C)c1. The Bertz CT molecular complexity index is 658. The van der Waals surface area contributed by atoms with E-state index < -0.39 is 28.4 Å². The van der Waals surface area contributed by atoms with E-state index in [1.807, 2.05) is 39.8 Å². The fourth-order valence-electron chi connectivity index (χ4n) is 2.50. The molecule has 0 spiro atoms. The lowest BCUT2D eigenvalue weighted by molar-refractivity contribution is 0.0524. The van der Waals surface area contributed by atoms with E-state index in [1.165, 1.54) is 0 Å². The summed E-state index contributed by atoms with van der Waals surface area (Å²) in [6, 6.07) is 4.03. The summed E-state index contributed by atoms with van der Waals surface area (Å²) in [6.07, 6.45) is 0. The molecule has 0 saturated carbocycles. The van der Waals surface area contributed by atoms with Gasteiger partial charge in [-0.2, -0.15) is 0 Å². The summed E-state index contributed by atoms with van der Waals surface area (Å²) in [7, 11) is -4.40. The number of hydrogen-bond donors (Lipinski definition) is 0. The fraction of sp³-hybridized carbons (Fsp3) is 0.611. The third-order valence-corrected chi connectivity index (χ3v) is 4.57. The van der Waals surface area contributed by atoms with E-state index in [-0.39, 0.29) is 11.8 Å². The maximum atomic E-state index is 12.5. The normalized spacial score (nSPS) is 12.2. The first-order chi connectivity index (χ1) is 10.9. The number of carbonyl (C=O) groups is 1. The van der Waals surface area contributed by atoms with Crippen LogP contribution < -0.4 is 0 Å². The molecule has 1 aromatic rings. The molecular formula is C18H27O5S-. The number of rotatable bonds is 7. The Morgan fingerprint density at radius 3 is 1.79 bits per heavy atom. The van der Waals surface area contributed by atoms with Gasteiger partial charge in [0, 0.05) is 0 Å². The van der Waals surface area contributed by atoms with Crippen LogP contribution in [-0.2, 0) is 14.9 Å². The second-order valence-corrected chi connectivity index (χ2v) is 8.46. The van der Waals surface area contributed by atoms with Crippen LogP contribution in [0.2, 0.25) is 0 Å². The van der Waals surface area contributed by atoms with Gasteiger partial charge in [-0.05, 0) is 34.4 Å². The molecule has 0 unspecified atom stereocenters. The molecule has 0 saturated heterocycles. The molecule has 0 heterocycles. The fourth-order valence-corrected chi connectivity index (χ4v) is 2.79. The summed E-state index contributed by atoms with van der Waals surface area (Å²) in [4.78, 5) is 12.5. The lowest BCUT2D eigenvalue weighted by Gasteiger charge is -2.22. The van der Waals surface area contributed by atoms with Gasteiger partial charge in [-0.25, -0.2) is 13.2 Å². The van der Waals surface area contributed by atoms with Crippen LogP contribution in [0.3, 0.4) is 0 Å². The van der Waals surface area contributed by atoms with E-state index in [2.05, 4.69) is 13.8 Å². The van der Waals surface area contributed by atoms with E-state index in [9.17, 15) is 17.8 Å². The molecule has 136 valence electrons. The van der Waals surface area contributed by atoms with Gasteiger partial charge in [0.1, 0.15) is 6.61 Å². The zero-order valence-corrected chi connectivity index (χ0v) is 16.1. The van der Waals surface area contributed by atoms with Gasteiger partial charge in [-0.3, -0.25) is 0 Å². The van der Waals surface area contributed by atoms with Crippen LogP contribution in [0.5, 0.6) is 0 Å². The number of benzene rings is 1. The molecule has 0 aliphatic carbocycles. The van der Waals surface area contributed by atoms with Crippen molar-refractivity contribution in [2.24, 2.45) is 0 Å². The molecule has 5 nitrogen and oxygen atoms in total. The van der Waals surface area contributed by atoms with Crippen LogP contribution in [0.1, 0.15) is 86.3 Å². The van der Waals surface area contributed by atoms with Crippen LogP contribution in [-0.4, -0.2) is 31.3 Å². The topological polar surface area (TPSA) is 83.5 Å². The number of hydrogen-bond acceptors (Lipinski definition) is 5. The highest BCUT2D eigenvalue weighted by Gasteiger charge is 2.23. The molecule has 1 aromatic carbocycles. The van der Waals surface area contributed by atoms with Crippen molar-refractivity contribution in [1.29, 1.82) is 0 Å². The maximum Gasteiger partial charge on any atom is 0.338 e. The molecule has 0 radical (unpaired) electrons. The molecule has 0 aliphatic heterocycles. The molecule has 6 heteroatoms. The van der Waals surface area contributed by atoms with Crippen molar-refractivity contribution in [2.75, 3.05) is 12.4 Å². The van der Waals surface area contributed by atoms with E-state index in [0.29, 0.717) is 11.5 Å². The Hall–Kier alpha value is -1.40. The molecule has 0 N–H and O–H groups in total. The van der Waals surface area contributed by atoms with Gasteiger partial charge in [0.25, 0.3) is 0 Å². The van der Waals surface area contributed by atoms with Crippen molar-refractivity contribution < 1.29 is 22.5 Å². The molecule has 0 aliphatic rings. The zero-order chi connectivity index (χ0) is 18.7. The van der Waals surface area contributed by atoms with Crippen LogP contribution in [0.15, 0.2) is 12.1 Å². The Kier molecular flexibility index (Phi) is 6.98. The van der Waals surface area contributed by atoms with Gasteiger partial charge in [0.05, 0.1) is 21.4 Å². The first kappa shape index (κ1) is 20.6. The van der Waals surface area contributed by atoms with Crippen LogP contribution in [0.4, 0.5) is 0 Å². The first-order valence-corrected chi connectivity index (χ1v) is 9.80. The average Bonchev–Trinajstić information content (AvgIpc) is 2.43. The summed E-state index contributed by atoms with van der Waals surface area (Å²) < 4.78 is 37.1. The summed E-state index contributed by atoms with van der Waals surface area (Å²) in [6.45, 7) is 11.8. The third kappa shape index (κ3) is 5.60. The van der Waals surface area contributed by atoms with E-state index >= 15 is 0 Å². The predicted molar refractivity (Wildman–Crippen MR) is 93.6 cm³/mol. The Morgan fingerprint density at radius 1 is 1.00 bits per heavy atom. The summed E-state index contributed by atoms with van der Waals surface area (Å²) >= 11 is 0. The number of esters is 1. The third-order valence-electron chi connectivity index (χ3n) is 3.90. The van der Waals surface area contributed by atoms with Crippen molar-refractivity contribution in [3.8, 4) is 0 Å². The van der Waals surface area contributed by atoms with Crippen molar-refractivity contribution >= 4 is 16.1 Å². The van der Waals surface area contributed by atoms with Crippen LogP contribution in [0.25, 0.3) is 0 Å². The molecule has 0 fully saturated rings. The molecular weight excluding hydrogens is 328 g/mol. The molecule has 0 amide bonds. The van der Waals surface area contributed by atoms with Gasteiger partial charge in [0.15, 0.2) is 0 Å². The van der Waals surface area contributed by atoms with Crippen molar-refractivity contribution in [1.82, 2.24) is 0 Å². The highest BCUT2D eigenvalue weighted by atomic mass is 32.2. The molecule has 1 rings (SSSR count). The van der Waals surface area contributed by atoms with E-state index in [0.717, 1.165) is 16.7 Å². The quantitative estimate of drug-likeness (QED) is 0.549. The highest BCUT2D eigenvalue weighted by molar-refractivity contribution is 7.85. The van der Waals surface area contributed by atoms with Gasteiger partial charge >= 0.3 is 5.97 Å². The lowest BCUT2D eigenvalue weighted by Crippen LogP contribution is -2.18. The van der Waals surface area contributed by atoms with Gasteiger partial charge in [-0.1, -0.05) is 53.7 Å². The Balaban J connectivity index is 3.30. The van der Waals surface area contributed by atoms with Crippen LogP contribution in [0, 0.1) is 0 Å². The van der Waals surface area contributed by atoms with E-state index in [4.69, 9.17) is 4.74 Å². The molecule has 0 atom stereocenters. The standard InChI is InChI=1S/C18H28O5S/c1-11(2)14-9-15(12(3)4)17(16(10-14)13(5)6)18(19)23-7-8-24(20,21)22/h9-13H,7-8H2,1-6H3,(H,20,21,22)/p-1. The first-order valence-electron chi connectivity index (χ1n) is 8.22. The molecule has 0 aromatic heterocycles. The number of carbonyl (C=O) groups excluding carboxylic acids is 1. The Morgan fingerprint density at radius 2 is 1.46 bits per heavy atom. The lowest BCUT2D eigenvalue weighted by atomic mass is 9.84. The van der Waals surface area contributed by atoms with Gasteiger partial charge in [0.2, 0.25) is 0 Å². The second kappa shape index (κ2) is 8.12. The summed E-state index contributed by atoms with van der Waals surface area (Å²) in [5.74, 6) is -0.715. The molecule has 0 bridgehead atoms. The molecule has 24 heavy (non-hydrogen) atoms. The smallest absolute Gasteiger partial charge is 0.338 e.